The normalized spacial score (nSPS) is 15.4. The van der Waals surface area contributed by atoms with E-state index in [0.717, 1.165) is 28.6 Å². The number of alkyl halides is 1. The molecule has 0 unspecified atom stereocenters. The number of aryl methyl sites for hydroxylation is 1. The van der Waals surface area contributed by atoms with E-state index in [-0.39, 0.29) is 24.2 Å². The number of benzene rings is 2. The first-order valence-corrected chi connectivity index (χ1v) is 13.0. The van der Waals surface area contributed by atoms with Crippen molar-refractivity contribution in [3.8, 4) is 11.5 Å². The standard InChI is InChI=1S/C29H32F4N2O4/c1-38-20-4-5-26-23(13-20)22(19(17-30)18-34-26)3-2-6-29(16-27(36)37)7-9-35(10-8-29)11-12-39-21-14-24(31)28(33)25(32)15-21/h4-5,13-15,18H,2-3,6-12,16-17H2,1H3,(H,36,37). The number of pyridine rings is 1. The third-order valence-corrected chi connectivity index (χ3v) is 7.63. The lowest BCUT2D eigenvalue weighted by molar-refractivity contribution is -0.140. The lowest BCUT2D eigenvalue weighted by atomic mass is 9.72. The quantitative estimate of drug-likeness (QED) is 0.218. The van der Waals surface area contributed by atoms with Crippen molar-refractivity contribution in [2.24, 2.45) is 5.41 Å². The molecule has 4 rings (SSSR count). The number of fused-ring (bicyclic) bond motifs is 1. The molecule has 1 saturated heterocycles. The molecular weight excluding hydrogens is 516 g/mol. The Labute approximate surface area is 224 Å². The second-order valence-electron chi connectivity index (χ2n) is 10.1. The molecule has 2 heterocycles. The fraction of sp³-hybridized carbons (Fsp3) is 0.448. The van der Waals surface area contributed by atoms with E-state index < -0.39 is 30.1 Å². The predicted molar refractivity (Wildman–Crippen MR) is 138 cm³/mol. The van der Waals surface area contributed by atoms with Gasteiger partial charge in [0.15, 0.2) is 17.5 Å². The third-order valence-electron chi connectivity index (χ3n) is 7.63. The number of halogens is 4. The molecule has 0 spiro atoms. The van der Waals surface area contributed by atoms with Gasteiger partial charge in [0.05, 0.1) is 19.0 Å². The van der Waals surface area contributed by atoms with Gasteiger partial charge in [0.25, 0.3) is 0 Å². The van der Waals surface area contributed by atoms with Crippen LogP contribution >= 0.6 is 0 Å². The SMILES string of the molecule is COc1ccc2ncc(CF)c(CCCC3(CC(=O)O)CCN(CCOc4cc(F)c(F)c(F)c4)CC3)c2c1. The van der Waals surface area contributed by atoms with Crippen LogP contribution in [0.5, 0.6) is 11.5 Å². The number of methoxy groups -OCH3 is 1. The van der Waals surface area contributed by atoms with Gasteiger partial charge in [0.2, 0.25) is 0 Å². The number of nitrogens with zero attached hydrogens (tertiary/aromatic N) is 2. The van der Waals surface area contributed by atoms with Crippen LogP contribution in [0.2, 0.25) is 0 Å². The summed E-state index contributed by atoms with van der Waals surface area (Å²) >= 11 is 0. The van der Waals surface area contributed by atoms with Crippen LogP contribution in [-0.2, 0) is 17.9 Å². The van der Waals surface area contributed by atoms with Crippen LogP contribution < -0.4 is 9.47 Å². The van der Waals surface area contributed by atoms with Crippen molar-refractivity contribution < 1.29 is 36.9 Å². The highest BCUT2D eigenvalue weighted by atomic mass is 19.2. The van der Waals surface area contributed by atoms with Gasteiger partial charge in [-0.25, -0.2) is 17.6 Å². The second kappa shape index (κ2) is 12.6. The van der Waals surface area contributed by atoms with Gasteiger partial charge >= 0.3 is 5.97 Å². The smallest absolute Gasteiger partial charge is 0.303 e. The molecule has 0 saturated carbocycles. The minimum atomic E-state index is -1.54. The summed E-state index contributed by atoms with van der Waals surface area (Å²) in [6.07, 6.45) is 4.91. The molecule has 0 amide bonds. The average molecular weight is 549 g/mol. The van der Waals surface area contributed by atoms with Crippen LogP contribution in [0.25, 0.3) is 10.9 Å². The van der Waals surface area contributed by atoms with Crippen LogP contribution in [0.15, 0.2) is 36.5 Å². The molecule has 3 aromatic rings. The molecule has 1 aliphatic rings. The number of hydrogen-bond donors (Lipinski definition) is 1. The maximum atomic E-state index is 13.8. The van der Waals surface area contributed by atoms with Gasteiger partial charge < -0.3 is 14.6 Å². The molecule has 10 heteroatoms. The Kier molecular flexibility index (Phi) is 9.27. The van der Waals surface area contributed by atoms with E-state index >= 15 is 0 Å². The molecule has 1 aliphatic heterocycles. The first kappa shape index (κ1) is 28.6. The number of aromatic nitrogens is 1. The Balaban J connectivity index is 1.36. The van der Waals surface area contributed by atoms with Crippen molar-refractivity contribution in [1.82, 2.24) is 9.88 Å². The van der Waals surface area contributed by atoms with Crippen LogP contribution in [0.3, 0.4) is 0 Å². The van der Waals surface area contributed by atoms with E-state index in [9.17, 15) is 27.5 Å². The van der Waals surface area contributed by atoms with Gasteiger partial charge in [-0.1, -0.05) is 0 Å². The number of aliphatic carboxylic acids is 1. The molecular formula is C29H32F4N2O4. The zero-order valence-corrected chi connectivity index (χ0v) is 21.8. The number of piperidine rings is 1. The summed E-state index contributed by atoms with van der Waals surface area (Å²) in [4.78, 5) is 18.2. The van der Waals surface area contributed by atoms with E-state index in [1.165, 1.54) is 0 Å². The number of carboxylic acids is 1. The van der Waals surface area contributed by atoms with Gasteiger partial charge in [0, 0.05) is 35.8 Å². The topological polar surface area (TPSA) is 71.9 Å². The third kappa shape index (κ3) is 6.98. The number of carbonyl (C=O) groups is 1. The Morgan fingerprint density at radius 2 is 1.82 bits per heavy atom. The summed E-state index contributed by atoms with van der Waals surface area (Å²) in [5.41, 5.74) is 1.77. The van der Waals surface area contributed by atoms with Crippen LogP contribution in [0.1, 0.15) is 43.2 Å². The number of hydrogen-bond acceptors (Lipinski definition) is 5. The number of rotatable bonds is 12. The largest absolute Gasteiger partial charge is 0.497 e. The molecule has 0 bridgehead atoms. The summed E-state index contributed by atoms with van der Waals surface area (Å²) in [5.74, 6) is -4.42. The lowest BCUT2D eigenvalue weighted by Gasteiger charge is -2.41. The van der Waals surface area contributed by atoms with Gasteiger partial charge in [-0.2, -0.15) is 0 Å². The molecule has 0 atom stereocenters. The van der Waals surface area contributed by atoms with Crippen LogP contribution in [0.4, 0.5) is 17.6 Å². The highest BCUT2D eigenvalue weighted by molar-refractivity contribution is 5.84. The summed E-state index contributed by atoms with van der Waals surface area (Å²) in [6, 6.07) is 7.13. The van der Waals surface area contributed by atoms with Crippen LogP contribution in [0, 0.1) is 22.9 Å². The maximum Gasteiger partial charge on any atom is 0.303 e. The van der Waals surface area contributed by atoms with Gasteiger partial charge in [0.1, 0.15) is 24.8 Å². The molecule has 2 aromatic carbocycles. The molecule has 6 nitrogen and oxygen atoms in total. The first-order chi connectivity index (χ1) is 18.7. The van der Waals surface area contributed by atoms with Crippen molar-refractivity contribution in [1.29, 1.82) is 0 Å². The average Bonchev–Trinajstić information content (AvgIpc) is 2.92. The van der Waals surface area contributed by atoms with E-state index in [0.29, 0.717) is 63.1 Å². The fourth-order valence-corrected chi connectivity index (χ4v) is 5.44. The highest BCUT2D eigenvalue weighted by Gasteiger charge is 2.36. The highest BCUT2D eigenvalue weighted by Crippen LogP contribution is 2.40. The maximum absolute atomic E-state index is 13.8. The molecule has 0 radical (unpaired) electrons. The minimum Gasteiger partial charge on any atom is -0.497 e. The number of ether oxygens (including phenoxy) is 2. The van der Waals surface area contributed by atoms with E-state index in [4.69, 9.17) is 9.47 Å². The zero-order chi connectivity index (χ0) is 28.0. The van der Waals surface area contributed by atoms with E-state index in [2.05, 4.69) is 9.88 Å². The van der Waals surface area contributed by atoms with Crippen molar-refractivity contribution in [3.05, 3.63) is 65.1 Å². The first-order valence-electron chi connectivity index (χ1n) is 13.0. The Morgan fingerprint density at radius 1 is 1.10 bits per heavy atom. The zero-order valence-electron chi connectivity index (χ0n) is 21.8. The second-order valence-corrected chi connectivity index (χ2v) is 10.1. The number of carboxylic acid groups (broad SMARTS) is 1. The monoisotopic (exact) mass is 548 g/mol. The lowest BCUT2D eigenvalue weighted by Crippen LogP contribution is -2.42. The van der Waals surface area contributed by atoms with Crippen molar-refractivity contribution >= 4 is 16.9 Å². The van der Waals surface area contributed by atoms with Crippen LogP contribution in [-0.4, -0.2) is 54.3 Å². The van der Waals surface area contributed by atoms with Crippen molar-refractivity contribution in [3.63, 3.8) is 0 Å². The predicted octanol–water partition coefficient (Wildman–Crippen LogP) is 6.09. The molecule has 1 N–H and O–H groups in total. The van der Waals surface area contributed by atoms with E-state index in [1.54, 1.807) is 13.3 Å². The molecule has 1 fully saturated rings. The molecule has 210 valence electrons. The van der Waals surface area contributed by atoms with Gasteiger partial charge in [-0.15, -0.1) is 0 Å². The van der Waals surface area contributed by atoms with Crippen molar-refractivity contribution in [2.45, 2.75) is 45.2 Å². The minimum absolute atomic E-state index is 0.0480. The Morgan fingerprint density at radius 3 is 2.46 bits per heavy atom. The fourth-order valence-electron chi connectivity index (χ4n) is 5.44. The summed E-state index contributed by atoms with van der Waals surface area (Å²) in [5, 5.41) is 10.5. The summed E-state index contributed by atoms with van der Waals surface area (Å²) < 4.78 is 64.5. The molecule has 1 aromatic heterocycles. The Hall–Kier alpha value is -3.40. The summed E-state index contributed by atoms with van der Waals surface area (Å²) in [6.45, 7) is 1.29. The van der Waals surface area contributed by atoms with Gasteiger partial charge in [-0.3, -0.25) is 14.7 Å². The number of likely N-dealkylation sites (tertiary alicyclic amines) is 1. The summed E-state index contributed by atoms with van der Waals surface area (Å²) in [7, 11) is 1.57. The Bertz CT molecular complexity index is 1280. The molecule has 39 heavy (non-hydrogen) atoms. The molecule has 0 aliphatic carbocycles. The van der Waals surface area contributed by atoms with E-state index in [1.807, 2.05) is 18.2 Å². The van der Waals surface area contributed by atoms with Crippen molar-refractivity contribution in [2.75, 3.05) is 33.4 Å². The van der Waals surface area contributed by atoms with Gasteiger partial charge in [-0.05, 0) is 74.4 Å².